The van der Waals surface area contributed by atoms with Crippen LogP contribution in [0.1, 0.15) is 51.7 Å². The lowest BCUT2D eigenvalue weighted by Crippen LogP contribution is -2.43. The van der Waals surface area contributed by atoms with Crippen molar-refractivity contribution in [3.8, 4) is 22.5 Å². The molecule has 0 bridgehead atoms. The van der Waals surface area contributed by atoms with Gasteiger partial charge in [0.2, 0.25) is 5.82 Å². The largest absolute Gasteiger partial charge is 0.361 e. The highest BCUT2D eigenvalue weighted by atomic mass is 16.5. The van der Waals surface area contributed by atoms with Crippen LogP contribution >= 0.6 is 0 Å². The van der Waals surface area contributed by atoms with Crippen molar-refractivity contribution in [2.24, 2.45) is 5.92 Å². The van der Waals surface area contributed by atoms with Crippen LogP contribution in [0.15, 0.2) is 58.1 Å². The zero-order valence-corrected chi connectivity index (χ0v) is 23.5. The topological polar surface area (TPSA) is 126 Å². The number of aryl methyl sites for hydroxylation is 1. The van der Waals surface area contributed by atoms with Crippen LogP contribution in [-0.4, -0.2) is 46.4 Å². The van der Waals surface area contributed by atoms with Crippen molar-refractivity contribution in [2.45, 2.75) is 59.9 Å². The van der Waals surface area contributed by atoms with E-state index in [-0.39, 0.29) is 5.92 Å². The SMILES string of the molecule is CCCc1nc2c(c(=O)n(C(C)OC)c(=O)n2CC(C)C)n1Cc1ccc(-c2ccccc2-c2nn[nH]n2)cc1. The molecular formula is C29H34N8O3. The molecule has 11 nitrogen and oxygen atoms in total. The third kappa shape index (κ3) is 5.00. The molecule has 0 aliphatic rings. The number of rotatable bonds is 10. The zero-order chi connectivity index (χ0) is 28.4. The first-order valence-corrected chi connectivity index (χ1v) is 13.5. The smallest absolute Gasteiger partial charge is 0.334 e. The number of hydrogen-bond donors (Lipinski definition) is 1. The summed E-state index contributed by atoms with van der Waals surface area (Å²) in [6.45, 7) is 8.74. The molecule has 208 valence electrons. The van der Waals surface area contributed by atoms with E-state index < -0.39 is 17.5 Å². The molecule has 0 aliphatic heterocycles. The van der Waals surface area contributed by atoms with Gasteiger partial charge in [-0.3, -0.25) is 9.36 Å². The van der Waals surface area contributed by atoms with Crippen molar-refractivity contribution >= 4 is 11.2 Å². The lowest BCUT2D eigenvalue weighted by molar-refractivity contribution is 0.0528. The number of aromatic nitrogens is 8. The number of benzene rings is 2. The number of ether oxygens (including phenoxy) is 1. The molecule has 0 saturated carbocycles. The van der Waals surface area contributed by atoms with Crippen LogP contribution in [-0.2, 0) is 24.2 Å². The molecule has 40 heavy (non-hydrogen) atoms. The van der Waals surface area contributed by atoms with Gasteiger partial charge in [0.05, 0.1) is 0 Å². The quantitative estimate of drug-likeness (QED) is 0.282. The Morgan fingerprint density at radius 2 is 1.70 bits per heavy atom. The van der Waals surface area contributed by atoms with E-state index in [1.807, 2.05) is 66.9 Å². The van der Waals surface area contributed by atoms with E-state index in [0.717, 1.165) is 34.5 Å². The summed E-state index contributed by atoms with van der Waals surface area (Å²) in [5, 5.41) is 14.5. The minimum absolute atomic E-state index is 0.187. The van der Waals surface area contributed by atoms with Crippen molar-refractivity contribution in [3.05, 3.63) is 80.8 Å². The summed E-state index contributed by atoms with van der Waals surface area (Å²) >= 11 is 0. The standard InChI is InChI=1S/C29H34N8O3/c1-6-9-24-30-27-25(28(38)37(19(4)40-5)29(39)36(27)16-18(2)3)35(24)17-20-12-14-21(15-13-20)22-10-7-8-11-23(22)26-31-33-34-32-26/h7-8,10-15,18-19H,6,9,16-17H2,1-5H3,(H,31,32,33,34). The monoisotopic (exact) mass is 542 g/mol. The summed E-state index contributed by atoms with van der Waals surface area (Å²) in [6, 6.07) is 16.1. The molecule has 0 spiro atoms. The van der Waals surface area contributed by atoms with E-state index in [0.29, 0.717) is 36.5 Å². The van der Waals surface area contributed by atoms with Crippen molar-refractivity contribution < 1.29 is 4.74 Å². The molecule has 0 fully saturated rings. The van der Waals surface area contributed by atoms with Crippen LogP contribution in [0.3, 0.4) is 0 Å². The average Bonchev–Trinajstić information content (AvgIpc) is 3.61. The Labute approximate surface area is 231 Å². The molecule has 1 N–H and O–H groups in total. The van der Waals surface area contributed by atoms with Crippen LogP contribution in [0, 0.1) is 5.92 Å². The van der Waals surface area contributed by atoms with Crippen molar-refractivity contribution in [1.29, 1.82) is 0 Å². The van der Waals surface area contributed by atoms with Gasteiger partial charge in [0.15, 0.2) is 11.2 Å². The van der Waals surface area contributed by atoms with Gasteiger partial charge in [-0.1, -0.05) is 69.3 Å². The number of hydrogen-bond acceptors (Lipinski definition) is 7. The Morgan fingerprint density at radius 1 is 0.975 bits per heavy atom. The molecule has 1 unspecified atom stereocenters. The van der Waals surface area contributed by atoms with Gasteiger partial charge in [0.1, 0.15) is 12.1 Å². The minimum atomic E-state index is -0.709. The van der Waals surface area contributed by atoms with Crippen molar-refractivity contribution in [2.75, 3.05) is 7.11 Å². The lowest BCUT2D eigenvalue weighted by Gasteiger charge is -2.17. The second kappa shape index (κ2) is 11.4. The minimum Gasteiger partial charge on any atom is -0.361 e. The molecule has 3 aromatic heterocycles. The highest BCUT2D eigenvalue weighted by Gasteiger charge is 2.24. The number of tetrazole rings is 1. The van der Waals surface area contributed by atoms with Gasteiger partial charge in [0, 0.05) is 32.2 Å². The predicted molar refractivity (Wildman–Crippen MR) is 153 cm³/mol. The molecular weight excluding hydrogens is 508 g/mol. The lowest BCUT2D eigenvalue weighted by atomic mass is 9.98. The molecule has 1 atom stereocenters. The molecule has 5 aromatic rings. The Bertz CT molecular complexity index is 1730. The summed E-state index contributed by atoms with van der Waals surface area (Å²) in [7, 11) is 1.49. The second-order valence-corrected chi connectivity index (χ2v) is 10.3. The molecule has 0 radical (unpaired) electrons. The molecule has 3 heterocycles. The van der Waals surface area contributed by atoms with Crippen LogP contribution < -0.4 is 11.2 Å². The third-order valence-corrected chi connectivity index (χ3v) is 6.99. The number of imidazole rings is 1. The van der Waals surface area contributed by atoms with Crippen LogP contribution in [0.2, 0.25) is 0 Å². The first-order chi connectivity index (χ1) is 19.3. The normalized spacial score (nSPS) is 12.4. The van der Waals surface area contributed by atoms with Gasteiger partial charge in [-0.15, -0.1) is 10.2 Å². The highest BCUT2D eigenvalue weighted by molar-refractivity contribution is 5.80. The Balaban J connectivity index is 1.61. The Morgan fingerprint density at radius 3 is 2.33 bits per heavy atom. The summed E-state index contributed by atoms with van der Waals surface area (Å²) in [5.74, 6) is 1.50. The predicted octanol–water partition coefficient (Wildman–Crippen LogP) is 4.03. The van der Waals surface area contributed by atoms with E-state index in [9.17, 15) is 9.59 Å². The van der Waals surface area contributed by atoms with Crippen molar-refractivity contribution in [1.82, 2.24) is 39.3 Å². The first kappa shape index (κ1) is 27.2. The molecule has 0 amide bonds. The molecule has 0 aliphatic carbocycles. The highest BCUT2D eigenvalue weighted by Crippen LogP contribution is 2.30. The van der Waals surface area contributed by atoms with Crippen LogP contribution in [0.5, 0.6) is 0 Å². The fourth-order valence-corrected chi connectivity index (χ4v) is 5.02. The van der Waals surface area contributed by atoms with Crippen LogP contribution in [0.4, 0.5) is 0 Å². The fourth-order valence-electron chi connectivity index (χ4n) is 5.02. The maximum atomic E-state index is 13.8. The van der Waals surface area contributed by atoms with Gasteiger partial charge in [-0.05, 0) is 41.2 Å². The summed E-state index contributed by atoms with van der Waals surface area (Å²) in [6.07, 6.45) is 0.825. The molecule has 0 saturated heterocycles. The summed E-state index contributed by atoms with van der Waals surface area (Å²) < 4.78 is 10.2. The average molecular weight is 543 g/mol. The first-order valence-electron chi connectivity index (χ1n) is 13.5. The van der Waals surface area contributed by atoms with E-state index in [2.05, 4.69) is 27.5 Å². The molecule has 2 aromatic carbocycles. The van der Waals surface area contributed by atoms with Gasteiger partial charge in [-0.2, -0.15) is 5.21 Å². The maximum absolute atomic E-state index is 13.8. The van der Waals surface area contributed by atoms with Gasteiger partial charge < -0.3 is 9.30 Å². The van der Waals surface area contributed by atoms with E-state index in [1.54, 1.807) is 11.5 Å². The third-order valence-electron chi connectivity index (χ3n) is 6.99. The van der Waals surface area contributed by atoms with Crippen molar-refractivity contribution in [3.63, 3.8) is 0 Å². The maximum Gasteiger partial charge on any atom is 0.334 e. The number of nitrogens with zero attached hydrogens (tertiary/aromatic N) is 7. The van der Waals surface area contributed by atoms with Gasteiger partial charge >= 0.3 is 5.69 Å². The number of fused-ring (bicyclic) bond motifs is 1. The molecule has 11 heteroatoms. The fraction of sp³-hybridized carbons (Fsp3) is 0.379. The Hall–Kier alpha value is -4.38. The van der Waals surface area contributed by atoms with Gasteiger partial charge in [-0.25, -0.2) is 14.3 Å². The zero-order valence-electron chi connectivity index (χ0n) is 23.5. The number of methoxy groups -OCH3 is 1. The van der Waals surface area contributed by atoms with E-state index >= 15 is 0 Å². The number of H-pyrrole nitrogens is 1. The van der Waals surface area contributed by atoms with Crippen LogP contribution in [0.25, 0.3) is 33.7 Å². The van der Waals surface area contributed by atoms with E-state index in [1.165, 1.54) is 11.7 Å². The Kier molecular flexibility index (Phi) is 7.74. The molecule has 5 rings (SSSR count). The number of nitrogens with one attached hydrogen (secondary N) is 1. The van der Waals surface area contributed by atoms with Gasteiger partial charge in [0.25, 0.3) is 5.56 Å². The second-order valence-electron chi connectivity index (χ2n) is 10.3. The summed E-state index contributed by atoms with van der Waals surface area (Å²) in [4.78, 5) is 32.1. The van der Waals surface area contributed by atoms with E-state index in [4.69, 9.17) is 9.72 Å². The number of aromatic amines is 1. The summed E-state index contributed by atoms with van der Waals surface area (Å²) in [5.41, 5.74) is 3.93.